The van der Waals surface area contributed by atoms with Crippen molar-refractivity contribution in [3.63, 3.8) is 0 Å². The molecule has 1 aliphatic rings. The molecule has 0 aromatic carbocycles. The lowest BCUT2D eigenvalue weighted by Crippen LogP contribution is -2.32. The van der Waals surface area contributed by atoms with Gasteiger partial charge in [-0.15, -0.1) is 0 Å². The Balaban J connectivity index is 2.37. The second-order valence-corrected chi connectivity index (χ2v) is 6.06. The molecule has 0 spiro atoms. The first-order valence-corrected chi connectivity index (χ1v) is 6.77. The van der Waals surface area contributed by atoms with Crippen LogP contribution in [0.5, 0.6) is 0 Å². The van der Waals surface area contributed by atoms with Crippen molar-refractivity contribution in [2.24, 2.45) is 17.3 Å². The number of hydrogen-bond donors (Lipinski definition) is 1. The van der Waals surface area contributed by atoms with Crippen LogP contribution in [0.2, 0.25) is 0 Å². The second kappa shape index (κ2) is 5.89. The monoisotopic (exact) mass is 211 g/mol. The molecule has 1 saturated carbocycles. The first kappa shape index (κ1) is 13.0. The molecule has 0 aliphatic heterocycles. The highest BCUT2D eigenvalue weighted by Crippen LogP contribution is 2.42. The summed E-state index contributed by atoms with van der Waals surface area (Å²) in [6, 6.07) is 0. The standard InChI is InChI=1S/C14H29N/c1-5-15-10-9-14(3,4)13-8-6-7-12(2)11-13/h12-13,15H,5-11H2,1-4H3. The van der Waals surface area contributed by atoms with Crippen LogP contribution in [0.4, 0.5) is 0 Å². The smallest absolute Gasteiger partial charge is 0.00438 e. The van der Waals surface area contributed by atoms with Gasteiger partial charge in [-0.1, -0.05) is 40.5 Å². The molecule has 2 atom stereocenters. The van der Waals surface area contributed by atoms with E-state index in [-0.39, 0.29) is 0 Å². The summed E-state index contributed by atoms with van der Waals surface area (Å²) in [4.78, 5) is 0. The van der Waals surface area contributed by atoms with E-state index in [0.717, 1.165) is 18.4 Å². The van der Waals surface area contributed by atoms with Crippen LogP contribution < -0.4 is 5.32 Å². The Morgan fingerprint density at radius 2 is 2.00 bits per heavy atom. The molecule has 0 aromatic rings. The third-order valence-corrected chi connectivity index (χ3v) is 4.24. The minimum absolute atomic E-state index is 0.539. The van der Waals surface area contributed by atoms with Crippen LogP contribution in [-0.4, -0.2) is 13.1 Å². The summed E-state index contributed by atoms with van der Waals surface area (Å²) in [6.07, 6.45) is 7.16. The molecule has 0 saturated heterocycles. The molecule has 0 aromatic heterocycles. The molecule has 1 heteroatoms. The zero-order valence-electron chi connectivity index (χ0n) is 11.1. The first-order chi connectivity index (χ1) is 7.06. The quantitative estimate of drug-likeness (QED) is 0.681. The maximum absolute atomic E-state index is 3.45. The topological polar surface area (TPSA) is 12.0 Å². The molecule has 1 nitrogen and oxygen atoms in total. The second-order valence-electron chi connectivity index (χ2n) is 6.06. The molecular weight excluding hydrogens is 182 g/mol. The molecule has 1 fully saturated rings. The Labute approximate surface area is 96.0 Å². The summed E-state index contributed by atoms with van der Waals surface area (Å²) < 4.78 is 0. The molecule has 2 unspecified atom stereocenters. The highest BCUT2D eigenvalue weighted by molar-refractivity contribution is 4.83. The Bertz CT molecular complexity index is 174. The normalized spacial score (nSPS) is 28.0. The van der Waals surface area contributed by atoms with Crippen molar-refractivity contribution in [1.82, 2.24) is 5.32 Å². The zero-order valence-corrected chi connectivity index (χ0v) is 11.1. The molecule has 0 radical (unpaired) electrons. The van der Waals surface area contributed by atoms with E-state index in [1.54, 1.807) is 0 Å². The minimum atomic E-state index is 0.539. The number of nitrogens with one attached hydrogen (secondary N) is 1. The van der Waals surface area contributed by atoms with Crippen LogP contribution >= 0.6 is 0 Å². The van der Waals surface area contributed by atoms with E-state index >= 15 is 0 Å². The molecule has 0 heterocycles. The predicted molar refractivity (Wildman–Crippen MR) is 68.1 cm³/mol. The van der Waals surface area contributed by atoms with Gasteiger partial charge in [0.25, 0.3) is 0 Å². The van der Waals surface area contributed by atoms with Gasteiger partial charge in [0.2, 0.25) is 0 Å². The Hall–Kier alpha value is -0.0400. The van der Waals surface area contributed by atoms with Crippen molar-refractivity contribution < 1.29 is 0 Å². The lowest BCUT2D eigenvalue weighted by molar-refractivity contribution is 0.121. The van der Waals surface area contributed by atoms with Gasteiger partial charge in [-0.2, -0.15) is 0 Å². The van der Waals surface area contributed by atoms with E-state index in [1.807, 2.05) is 0 Å². The van der Waals surface area contributed by atoms with Gasteiger partial charge in [-0.25, -0.2) is 0 Å². The van der Waals surface area contributed by atoms with E-state index in [4.69, 9.17) is 0 Å². The van der Waals surface area contributed by atoms with Crippen LogP contribution in [-0.2, 0) is 0 Å². The fourth-order valence-corrected chi connectivity index (χ4v) is 2.94. The van der Waals surface area contributed by atoms with Gasteiger partial charge in [0.1, 0.15) is 0 Å². The van der Waals surface area contributed by atoms with E-state index in [0.29, 0.717) is 5.41 Å². The van der Waals surface area contributed by atoms with Crippen LogP contribution in [0.15, 0.2) is 0 Å². The molecule has 1 rings (SSSR count). The molecule has 0 amide bonds. The summed E-state index contributed by atoms with van der Waals surface area (Å²) in [5.74, 6) is 1.92. The minimum Gasteiger partial charge on any atom is -0.317 e. The van der Waals surface area contributed by atoms with Crippen LogP contribution in [0.1, 0.15) is 59.8 Å². The average molecular weight is 211 g/mol. The van der Waals surface area contributed by atoms with E-state index in [1.165, 1.54) is 38.6 Å². The van der Waals surface area contributed by atoms with Gasteiger partial charge < -0.3 is 5.32 Å². The van der Waals surface area contributed by atoms with Crippen molar-refractivity contribution in [1.29, 1.82) is 0 Å². The van der Waals surface area contributed by atoms with Gasteiger partial charge in [0.15, 0.2) is 0 Å². The third-order valence-electron chi connectivity index (χ3n) is 4.24. The molecular formula is C14H29N. The van der Waals surface area contributed by atoms with Crippen molar-refractivity contribution in [2.45, 2.75) is 59.8 Å². The maximum Gasteiger partial charge on any atom is -0.00438 e. The van der Waals surface area contributed by atoms with Gasteiger partial charge >= 0.3 is 0 Å². The number of rotatable bonds is 5. The van der Waals surface area contributed by atoms with Gasteiger partial charge in [-0.05, 0) is 49.6 Å². The van der Waals surface area contributed by atoms with Crippen LogP contribution in [0.25, 0.3) is 0 Å². The van der Waals surface area contributed by atoms with Gasteiger partial charge in [-0.3, -0.25) is 0 Å². The zero-order chi connectivity index (χ0) is 11.3. The van der Waals surface area contributed by atoms with Gasteiger partial charge in [0, 0.05) is 0 Å². The SMILES string of the molecule is CCNCCC(C)(C)C1CCCC(C)C1. The molecule has 1 N–H and O–H groups in total. The van der Waals surface area contributed by atoms with Gasteiger partial charge in [0.05, 0.1) is 0 Å². The van der Waals surface area contributed by atoms with E-state index in [9.17, 15) is 0 Å². The fraction of sp³-hybridized carbons (Fsp3) is 1.00. The Morgan fingerprint density at radius 1 is 1.27 bits per heavy atom. The highest BCUT2D eigenvalue weighted by Gasteiger charge is 2.31. The van der Waals surface area contributed by atoms with E-state index < -0.39 is 0 Å². The first-order valence-electron chi connectivity index (χ1n) is 6.77. The summed E-state index contributed by atoms with van der Waals surface area (Å²) in [5.41, 5.74) is 0.539. The summed E-state index contributed by atoms with van der Waals surface area (Å²) >= 11 is 0. The fourth-order valence-electron chi connectivity index (χ4n) is 2.94. The summed E-state index contributed by atoms with van der Waals surface area (Å²) in [5, 5.41) is 3.45. The van der Waals surface area contributed by atoms with Crippen molar-refractivity contribution >= 4 is 0 Å². The predicted octanol–water partition coefficient (Wildman–Crippen LogP) is 3.84. The molecule has 1 aliphatic carbocycles. The Morgan fingerprint density at radius 3 is 2.60 bits per heavy atom. The summed E-state index contributed by atoms with van der Waals surface area (Å²) in [6.45, 7) is 11.8. The average Bonchev–Trinajstić information content (AvgIpc) is 2.18. The van der Waals surface area contributed by atoms with Crippen molar-refractivity contribution in [3.05, 3.63) is 0 Å². The lowest BCUT2D eigenvalue weighted by atomic mass is 9.67. The van der Waals surface area contributed by atoms with Crippen molar-refractivity contribution in [3.8, 4) is 0 Å². The molecule has 90 valence electrons. The third kappa shape index (κ3) is 4.14. The van der Waals surface area contributed by atoms with Crippen molar-refractivity contribution in [2.75, 3.05) is 13.1 Å². The molecule has 15 heavy (non-hydrogen) atoms. The van der Waals surface area contributed by atoms with E-state index in [2.05, 4.69) is 33.0 Å². The largest absolute Gasteiger partial charge is 0.317 e. The number of hydrogen-bond acceptors (Lipinski definition) is 1. The summed E-state index contributed by atoms with van der Waals surface area (Å²) in [7, 11) is 0. The Kier molecular flexibility index (Phi) is 5.11. The van der Waals surface area contributed by atoms with Crippen LogP contribution in [0.3, 0.4) is 0 Å². The molecule has 0 bridgehead atoms. The maximum atomic E-state index is 3.45. The highest BCUT2D eigenvalue weighted by atomic mass is 14.8. The lowest BCUT2D eigenvalue weighted by Gasteiger charge is -2.39. The van der Waals surface area contributed by atoms with Crippen LogP contribution in [0, 0.1) is 17.3 Å².